The molecular formula is C16H19FN2. The minimum Gasteiger partial charge on any atom is -0.310 e. The van der Waals surface area contributed by atoms with Gasteiger partial charge in [-0.25, -0.2) is 4.39 Å². The van der Waals surface area contributed by atoms with E-state index < -0.39 is 0 Å². The summed E-state index contributed by atoms with van der Waals surface area (Å²) in [6.45, 7) is 0. The maximum Gasteiger partial charge on any atom is 0.126 e. The van der Waals surface area contributed by atoms with Gasteiger partial charge in [-0.1, -0.05) is 18.2 Å². The second-order valence-electron chi connectivity index (χ2n) is 5.81. The zero-order chi connectivity index (χ0) is 13.2. The fourth-order valence-corrected chi connectivity index (χ4v) is 3.15. The van der Waals surface area contributed by atoms with Gasteiger partial charge in [0.05, 0.1) is 12.0 Å². The normalized spacial score (nSPS) is 30.8. The molecule has 1 aromatic carbocycles. The zero-order valence-electron chi connectivity index (χ0n) is 11.0. The average molecular weight is 258 g/mol. The van der Waals surface area contributed by atoms with E-state index in [2.05, 4.69) is 11.4 Å². The smallest absolute Gasteiger partial charge is 0.126 e. The third-order valence-corrected chi connectivity index (χ3v) is 4.39. The Morgan fingerprint density at radius 1 is 1.16 bits per heavy atom. The van der Waals surface area contributed by atoms with Crippen LogP contribution in [0.4, 0.5) is 4.39 Å². The molecule has 0 saturated heterocycles. The van der Waals surface area contributed by atoms with Gasteiger partial charge in [0.2, 0.25) is 0 Å². The number of halogens is 1. The molecule has 3 heteroatoms. The molecule has 0 amide bonds. The lowest BCUT2D eigenvalue weighted by molar-refractivity contribution is 0.281. The van der Waals surface area contributed by atoms with Crippen molar-refractivity contribution in [2.45, 2.75) is 50.1 Å². The molecular weight excluding hydrogens is 239 g/mol. The number of nitrogens with zero attached hydrogens (tertiary/aromatic N) is 1. The predicted molar refractivity (Wildman–Crippen MR) is 72.0 cm³/mol. The van der Waals surface area contributed by atoms with Crippen molar-refractivity contribution in [3.63, 3.8) is 0 Å². The first-order chi connectivity index (χ1) is 9.28. The second kappa shape index (κ2) is 5.30. The molecule has 3 rings (SSSR count). The first kappa shape index (κ1) is 12.6. The van der Waals surface area contributed by atoms with Crippen molar-refractivity contribution < 1.29 is 4.39 Å². The third kappa shape index (κ3) is 2.79. The Hall–Kier alpha value is -1.40. The molecule has 2 aliphatic carbocycles. The van der Waals surface area contributed by atoms with Gasteiger partial charge in [-0.2, -0.15) is 5.26 Å². The summed E-state index contributed by atoms with van der Waals surface area (Å²) >= 11 is 0. The minimum absolute atomic E-state index is 0.0129. The molecule has 100 valence electrons. The van der Waals surface area contributed by atoms with Gasteiger partial charge in [0.25, 0.3) is 0 Å². The van der Waals surface area contributed by atoms with Crippen LogP contribution < -0.4 is 5.32 Å². The van der Waals surface area contributed by atoms with Gasteiger partial charge in [0, 0.05) is 12.1 Å². The molecule has 2 nitrogen and oxygen atoms in total. The molecule has 2 aliphatic rings. The van der Waals surface area contributed by atoms with Crippen LogP contribution in [-0.2, 0) is 0 Å². The Morgan fingerprint density at radius 3 is 2.63 bits per heavy atom. The molecule has 2 saturated carbocycles. The molecule has 19 heavy (non-hydrogen) atoms. The topological polar surface area (TPSA) is 35.8 Å². The molecule has 0 heterocycles. The molecule has 2 fully saturated rings. The van der Waals surface area contributed by atoms with Gasteiger partial charge < -0.3 is 5.32 Å². The first-order valence-electron chi connectivity index (χ1n) is 7.18. The molecule has 0 radical (unpaired) electrons. The van der Waals surface area contributed by atoms with Crippen molar-refractivity contribution in [3.8, 4) is 6.07 Å². The largest absolute Gasteiger partial charge is 0.310 e. The molecule has 0 aliphatic heterocycles. The van der Waals surface area contributed by atoms with E-state index in [0.717, 1.165) is 24.8 Å². The van der Waals surface area contributed by atoms with Crippen LogP contribution in [0.3, 0.4) is 0 Å². The second-order valence-corrected chi connectivity index (χ2v) is 5.81. The van der Waals surface area contributed by atoms with Gasteiger partial charge in [-0.05, 0) is 49.7 Å². The van der Waals surface area contributed by atoms with Crippen LogP contribution >= 0.6 is 0 Å². The van der Waals surface area contributed by atoms with E-state index in [1.807, 2.05) is 12.1 Å². The summed E-state index contributed by atoms with van der Waals surface area (Å²) < 4.78 is 13.8. The molecule has 3 unspecified atom stereocenters. The van der Waals surface area contributed by atoms with Crippen LogP contribution in [0.1, 0.15) is 43.6 Å². The number of hydrogen-bond donors (Lipinski definition) is 1. The van der Waals surface area contributed by atoms with Crippen molar-refractivity contribution in [3.05, 3.63) is 35.6 Å². The number of hydrogen-bond acceptors (Lipinski definition) is 2. The molecule has 0 aromatic heterocycles. The standard InChI is InChI=1S/C16H19FN2/c17-15-4-2-1-3-14(15)11-5-8-16(12(9-11)10-18)19-13-6-7-13/h1-4,11-13,16,19H,5-9H2. The Balaban J connectivity index is 1.70. The van der Waals surface area contributed by atoms with Gasteiger partial charge in [-0.3, -0.25) is 0 Å². The predicted octanol–water partition coefficient (Wildman–Crippen LogP) is 3.35. The van der Waals surface area contributed by atoms with Crippen LogP contribution in [0.25, 0.3) is 0 Å². The van der Waals surface area contributed by atoms with Gasteiger partial charge in [0.1, 0.15) is 5.82 Å². The highest BCUT2D eigenvalue weighted by atomic mass is 19.1. The van der Waals surface area contributed by atoms with E-state index in [4.69, 9.17) is 0 Å². The monoisotopic (exact) mass is 258 g/mol. The van der Waals surface area contributed by atoms with Crippen molar-refractivity contribution in [1.29, 1.82) is 5.26 Å². The SMILES string of the molecule is N#CC1CC(c2ccccc2F)CCC1NC1CC1. The summed E-state index contributed by atoms with van der Waals surface area (Å²) in [5.74, 6) is 0.0832. The number of rotatable bonds is 3. The van der Waals surface area contributed by atoms with E-state index in [1.165, 1.54) is 18.9 Å². The van der Waals surface area contributed by atoms with Crippen molar-refractivity contribution in [1.82, 2.24) is 5.32 Å². The number of nitriles is 1. The third-order valence-electron chi connectivity index (χ3n) is 4.39. The van der Waals surface area contributed by atoms with E-state index >= 15 is 0 Å². The van der Waals surface area contributed by atoms with Crippen LogP contribution in [0.2, 0.25) is 0 Å². The quantitative estimate of drug-likeness (QED) is 0.902. The van der Waals surface area contributed by atoms with E-state index in [-0.39, 0.29) is 17.7 Å². The van der Waals surface area contributed by atoms with Crippen molar-refractivity contribution >= 4 is 0 Å². The Morgan fingerprint density at radius 2 is 1.95 bits per heavy atom. The lowest BCUT2D eigenvalue weighted by Gasteiger charge is -2.33. The summed E-state index contributed by atoms with van der Waals surface area (Å²) in [7, 11) is 0. The van der Waals surface area contributed by atoms with Crippen molar-refractivity contribution in [2.24, 2.45) is 5.92 Å². The van der Waals surface area contributed by atoms with Gasteiger partial charge >= 0.3 is 0 Å². The van der Waals surface area contributed by atoms with Crippen molar-refractivity contribution in [2.75, 3.05) is 0 Å². The lowest BCUT2D eigenvalue weighted by Crippen LogP contribution is -2.40. The van der Waals surface area contributed by atoms with Gasteiger partial charge in [-0.15, -0.1) is 0 Å². The van der Waals surface area contributed by atoms with E-state index in [0.29, 0.717) is 12.1 Å². The fraction of sp³-hybridized carbons (Fsp3) is 0.562. The van der Waals surface area contributed by atoms with Crippen LogP contribution in [0.5, 0.6) is 0 Å². The summed E-state index contributed by atoms with van der Waals surface area (Å²) in [4.78, 5) is 0. The van der Waals surface area contributed by atoms with Crippen LogP contribution in [0, 0.1) is 23.1 Å². The Labute approximate surface area is 113 Å². The van der Waals surface area contributed by atoms with Gasteiger partial charge in [0.15, 0.2) is 0 Å². The van der Waals surface area contributed by atoms with E-state index in [1.54, 1.807) is 6.07 Å². The molecule has 1 aromatic rings. The minimum atomic E-state index is -0.127. The summed E-state index contributed by atoms with van der Waals surface area (Å²) in [6, 6.07) is 10.3. The summed E-state index contributed by atoms with van der Waals surface area (Å²) in [6.07, 6.45) is 5.22. The summed E-state index contributed by atoms with van der Waals surface area (Å²) in [5.41, 5.74) is 0.785. The molecule has 0 spiro atoms. The maximum absolute atomic E-state index is 13.8. The number of nitrogens with one attached hydrogen (secondary N) is 1. The van der Waals surface area contributed by atoms with Crippen LogP contribution in [-0.4, -0.2) is 12.1 Å². The highest BCUT2D eigenvalue weighted by Crippen LogP contribution is 2.38. The Kier molecular flexibility index (Phi) is 3.52. The summed E-state index contributed by atoms with van der Waals surface area (Å²) in [5, 5.41) is 12.9. The fourth-order valence-electron chi connectivity index (χ4n) is 3.15. The van der Waals surface area contributed by atoms with Crippen LogP contribution in [0.15, 0.2) is 24.3 Å². The molecule has 1 N–H and O–H groups in total. The number of benzene rings is 1. The Bertz CT molecular complexity index is 490. The lowest BCUT2D eigenvalue weighted by atomic mass is 9.75. The maximum atomic E-state index is 13.8. The first-order valence-corrected chi connectivity index (χ1v) is 7.18. The van der Waals surface area contributed by atoms with E-state index in [9.17, 15) is 9.65 Å². The molecule has 0 bridgehead atoms. The molecule has 3 atom stereocenters. The highest BCUT2D eigenvalue weighted by Gasteiger charge is 2.35. The highest BCUT2D eigenvalue weighted by molar-refractivity contribution is 5.23. The average Bonchev–Trinajstić information content (AvgIpc) is 3.24. The zero-order valence-corrected chi connectivity index (χ0v) is 11.0.